The van der Waals surface area contributed by atoms with Crippen LogP contribution in [0.15, 0.2) is 37.3 Å². The highest BCUT2D eigenvalue weighted by molar-refractivity contribution is 7.13. The van der Waals surface area contributed by atoms with Crippen molar-refractivity contribution in [3.05, 3.63) is 69.6 Å². The second-order valence-corrected chi connectivity index (χ2v) is 13.3. The predicted molar refractivity (Wildman–Crippen MR) is 176 cm³/mol. The Bertz CT molecular complexity index is 1700. The second kappa shape index (κ2) is 14.4. The van der Waals surface area contributed by atoms with Crippen LogP contribution in [0.25, 0.3) is 5.70 Å². The van der Waals surface area contributed by atoms with Crippen molar-refractivity contribution in [2.75, 3.05) is 38.0 Å². The van der Waals surface area contributed by atoms with Gasteiger partial charge in [-0.15, -0.1) is 11.3 Å². The molecule has 0 aromatic carbocycles. The van der Waals surface area contributed by atoms with Gasteiger partial charge in [0.2, 0.25) is 0 Å². The zero-order valence-electron chi connectivity index (χ0n) is 27.3. The fraction of sp³-hybridized carbons (Fsp3) is 0.424. The van der Waals surface area contributed by atoms with Crippen molar-refractivity contribution in [3.8, 4) is 17.6 Å². The molecule has 4 rings (SSSR count). The minimum atomic E-state index is -3.31. The summed E-state index contributed by atoms with van der Waals surface area (Å²) in [7, 11) is 0. The summed E-state index contributed by atoms with van der Waals surface area (Å²) in [5.41, 5.74) is 1.72. The third-order valence-electron chi connectivity index (χ3n) is 7.07. The summed E-state index contributed by atoms with van der Waals surface area (Å²) in [5.74, 6) is 1.80. The predicted octanol–water partition coefficient (Wildman–Crippen LogP) is 5.54. The number of ether oxygens (including phenoxy) is 1. The molecule has 1 aliphatic rings. The Hall–Kier alpha value is -4.61. The number of rotatable bonds is 8. The molecule has 3 N–H and O–H groups in total. The fourth-order valence-corrected chi connectivity index (χ4v) is 5.34. The van der Waals surface area contributed by atoms with Gasteiger partial charge in [-0.1, -0.05) is 18.4 Å². The van der Waals surface area contributed by atoms with E-state index in [1.165, 1.54) is 6.20 Å². The summed E-state index contributed by atoms with van der Waals surface area (Å²) in [5, 5.41) is 16.0. The Morgan fingerprint density at radius 1 is 1.11 bits per heavy atom. The maximum absolute atomic E-state index is 13.8. The zero-order chi connectivity index (χ0) is 34.5. The average molecular weight is 668 g/mol. The Morgan fingerprint density at radius 3 is 2.47 bits per heavy atom. The van der Waals surface area contributed by atoms with Gasteiger partial charge in [0.05, 0.1) is 41.9 Å². The molecule has 3 aromatic rings. The molecule has 250 valence electrons. The molecule has 0 aliphatic carbocycles. The molecule has 11 nitrogen and oxygen atoms in total. The maximum atomic E-state index is 13.8. The number of piperazine rings is 1. The minimum Gasteiger partial charge on any atom is -0.506 e. The van der Waals surface area contributed by atoms with Crippen molar-refractivity contribution in [2.24, 2.45) is 0 Å². The van der Waals surface area contributed by atoms with Crippen molar-refractivity contribution < 1.29 is 28.2 Å². The molecule has 1 aliphatic heterocycles. The normalized spacial score (nSPS) is 14.5. The largest absolute Gasteiger partial charge is 0.506 e. The molecule has 47 heavy (non-hydrogen) atoms. The number of aryl methyl sites for hydroxylation is 1. The van der Waals surface area contributed by atoms with E-state index in [0.29, 0.717) is 56.0 Å². The van der Waals surface area contributed by atoms with E-state index >= 15 is 0 Å². The molecule has 1 saturated heterocycles. The quantitative estimate of drug-likeness (QED) is 0.265. The van der Waals surface area contributed by atoms with Crippen molar-refractivity contribution >= 4 is 34.9 Å². The lowest BCUT2D eigenvalue weighted by Crippen LogP contribution is -2.50. The number of halogens is 2. The molecule has 0 saturated carbocycles. The number of carbonyl (C=O) groups is 2. The van der Waals surface area contributed by atoms with Gasteiger partial charge < -0.3 is 25.4 Å². The van der Waals surface area contributed by atoms with Crippen LogP contribution in [0.5, 0.6) is 5.75 Å². The van der Waals surface area contributed by atoms with Gasteiger partial charge in [-0.05, 0) is 52.3 Å². The molecule has 1 unspecified atom stereocenters. The lowest BCUT2D eigenvalue weighted by atomic mass is 10.1. The first-order valence-electron chi connectivity index (χ1n) is 15.0. The number of alkyl halides is 2. The highest BCUT2D eigenvalue weighted by Gasteiger charge is 2.29. The van der Waals surface area contributed by atoms with Gasteiger partial charge in [0.15, 0.2) is 0 Å². The molecule has 14 heteroatoms. The van der Waals surface area contributed by atoms with E-state index in [-0.39, 0.29) is 22.8 Å². The highest BCUT2D eigenvalue weighted by atomic mass is 32.1. The molecule has 3 aromatic heterocycles. The first-order valence-corrected chi connectivity index (χ1v) is 15.8. The van der Waals surface area contributed by atoms with E-state index < -0.39 is 28.7 Å². The molecular formula is C33H39F2N7O4S. The Morgan fingerprint density at radius 2 is 1.81 bits per heavy atom. The first kappa shape index (κ1) is 35.2. The Labute approximate surface area is 277 Å². The number of nitrogens with zero attached hydrogens (tertiary/aromatic N) is 5. The van der Waals surface area contributed by atoms with E-state index in [1.807, 2.05) is 40.7 Å². The summed E-state index contributed by atoms with van der Waals surface area (Å²) < 4.78 is 33.0. The number of carbonyl (C=O) groups excluding carboxylic acids is 2. The van der Waals surface area contributed by atoms with E-state index in [0.717, 1.165) is 34.7 Å². The molecule has 0 radical (unpaired) electrons. The molecule has 4 heterocycles. The van der Waals surface area contributed by atoms with Crippen LogP contribution in [0.4, 0.5) is 19.4 Å². The van der Waals surface area contributed by atoms with Crippen LogP contribution in [-0.2, 0) is 10.7 Å². The number of amides is 2. The van der Waals surface area contributed by atoms with E-state index in [2.05, 4.69) is 48.9 Å². The van der Waals surface area contributed by atoms with Gasteiger partial charge in [-0.3, -0.25) is 14.7 Å². The third-order valence-corrected chi connectivity index (χ3v) is 8.25. The lowest BCUT2D eigenvalue weighted by molar-refractivity contribution is 0.0144. The average Bonchev–Trinajstić information content (AvgIpc) is 3.49. The third kappa shape index (κ3) is 9.69. The molecule has 1 fully saturated rings. The first-order chi connectivity index (χ1) is 22.0. The summed E-state index contributed by atoms with van der Waals surface area (Å²) >= 11 is 1.12. The summed E-state index contributed by atoms with van der Waals surface area (Å²) in [6.45, 7) is 17.3. The molecular weight excluding hydrogens is 628 g/mol. The maximum Gasteiger partial charge on any atom is 0.410 e. The monoisotopic (exact) mass is 667 g/mol. The topological polar surface area (TPSA) is 133 Å². The SMILES string of the molecule is C=C(NC(C)c1ncc(C(=O)Nc2cc(C(C)(F)F)c(O)cn2)s1)c1cc(C#CCN2CCN(C(=O)OC(C)(C)C)CC2)c(C)cn1. The van der Waals surface area contributed by atoms with Crippen molar-refractivity contribution in [1.29, 1.82) is 0 Å². The van der Waals surface area contributed by atoms with Crippen LogP contribution in [0.2, 0.25) is 0 Å². The van der Waals surface area contributed by atoms with Gasteiger partial charge in [0.25, 0.3) is 11.8 Å². The second-order valence-electron chi connectivity index (χ2n) is 12.3. The van der Waals surface area contributed by atoms with E-state index in [1.54, 1.807) is 11.1 Å². The van der Waals surface area contributed by atoms with Crippen LogP contribution >= 0.6 is 11.3 Å². The highest BCUT2D eigenvalue weighted by Crippen LogP contribution is 2.34. The van der Waals surface area contributed by atoms with E-state index in [9.17, 15) is 23.5 Å². The van der Waals surface area contributed by atoms with Crippen molar-refractivity contribution in [3.63, 3.8) is 0 Å². The zero-order valence-corrected chi connectivity index (χ0v) is 28.1. The van der Waals surface area contributed by atoms with Crippen molar-refractivity contribution in [1.82, 2.24) is 30.1 Å². The fourth-order valence-electron chi connectivity index (χ4n) is 4.52. The molecule has 0 bridgehead atoms. The standard InChI is InChI=1S/C33H39F2N7O4S/c1-20-17-36-25(15-23(20)9-8-10-41-11-13-42(14-12-41)31(45)46-32(4,5)6)21(2)39-22(3)30-38-19-27(47-30)29(44)40-28-16-24(33(7,34)35)26(43)18-37-28/h15-19,22,39,43H,2,10-14H2,1,3-7H3,(H,37,40,44). The van der Waals surface area contributed by atoms with Crippen LogP contribution < -0.4 is 10.6 Å². The van der Waals surface area contributed by atoms with Gasteiger partial charge in [0.1, 0.15) is 27.1 Å². The van der Waals surface area contributed by atoms with Crippen molar-refractivity contribution in [2.45, 2.75) is 59.1 Å². The minimum absolute atomic E-state index is 0.121. The Kier molecular flexibility index (Phi) is 10.8. The number of hydrogen-bond acceptors (Lipinski definition) is 10. The van der Waals surface area contributed by atoms with Gasteiger partial charge in [-0.2, -0.15) is 0 Å². The van der Waals surface area contributed by atoms with Crippen LogP contribution in [0.1, 0.15) is 77.7 Å². The van der Waals surface area contributed by atoms with Crippen LogP contribution in [0, 0.1) is 18.8 Å². The van der Waals surface area contributed by atoms with Crippen LogP contribution in [0.3, 0.4) is 0 Å². The Balaban J connectivity index is 1.32. The number of hydrogen-bond donors (Lipinski definition) is 3. The number of thiazole rings is 1. The number of aromatic hydroxyl groups is 1. The summed E-state index contributed by atoms with van der Waals surface area (Å²) in [6, 6.07) is 2.47. The number of aromatic nitrogens is 3. The van der Waals surface area contributed by atoms with E-state index in [4.69, 9.17) is 4.74 Å². The number of nitrogens with one attached hydrogen (secondary N) is 2. The van der Waals surface area contributed by atoms with Gasteiger partial charge in [0, 0.05) is 44.9 Å². The lowest BCUT2D eigenvalue weighted by Gasteiger charge is -2.34. The molecule has 0 spiro atoms. The number of anilines is 1. The molecule has 2 amide bonds. The summed E-state index contributed by atoms with van der Waals surface area (Å²) in [6.07, 6.45) is 3.70. The smallest absolute Gasteiger partial charge is 0.410 e. The van der Waals surface area contributed by atoms with Gasteiger partial charge in [-0.25, -0.2) is 23.5 Å². The van der Waals surface area contributed by atoms with Gasteiger partial charge >= 0.3 is 6.09 Å². The summed E-state index contributed by atoms with van der Waals surface area (Å²) in [4.78, 5) is 41.9. The van der Waals surface area contributed by atoms with Crippen LogP contribution in [-0.4, -0.2) is 80.2 Å². The number of pyridine rings is 2. The molecule has 1 atom stereocenters.